The van der Waals surface area contributed by atoms with Crippen molar-refractivity contribution in [2.75, 3.05) is 29.9 Å². The van der Waals surface area contributed by atoms with Crippen LogP contribution in [0.1, 0.15) is 19.8 Å². The molecule has 1 fully saturated rings. The highest BCUT2D eigenvalue weighted by atomic mass is 19.1. The summed E-state index contributed by atoms with van der Waals surface area (Å²) >= 11 is 0. The standard InChI is InChI=1S/C24H25FN4O2/c1-2-31-21-8-4-3-7-20(21)27-24(30)18-6-5-15-29(16-18)22-13-14-26-23(28-22)17-9-11-19(25)12-10-17/h3-4,7-14,18H,2,5-6,15-16H2,1H3,(H,27,30)/t18-/m0/s1. The van der Waals surface area contributed by atoms with E-state index in [4.69, 9.17) is 4.74 Å². The first-order valence-corrected chi connectivity index (χ1v) is 10.5. The van der Waals surface area contributed by atoms with Crippen LogP contribution in [0.2, 0.25) is 0 Å². The van der Waals surface area contributed by atoms with Crippen molar-refractivity contribution in [1.29, 1.82) is 0 Å². The summed E-state index contributed by atoms with van der Waals surface area (Å²) in [6.45, 7) is 3.84. The number of hydrogen-bond acceptors (Lipinski definition) is 5. The molecule has 0 unspecified atom stereocenters. The minimum absolute atomic E-state index is 0.0235. The molecular weight excluding hydrogens is 395 g/mol. The molecule has 1 atom stereocenters. The Labute approximate surface area is 181 Å². The molecule has 1 aliphatic rings. The third-order valence-electron chi connectivity index (χ3n) is 5.30. The Hall–Kier alpha value is -3.48. The average Bonchev–Trinajstić information content (AvgIpc) is 2.81. The Kier molecular flexibility index (Phi) is 6.40. The summed E-state index contributed by atoms with van der Waals surface area (Å²) in [5, 5.41) is 3.02. The molecule has 4 rings (SSSR count). The van der Waals surface area contributed by atoms with Crippen molar-refractivity contribution < 1.29 is 13.9 Å². The molecule has 0 bridgehead atoms. The predicted molar refractivity (Wildman–Crippen MR) is 119 cm³/mol. The summed E-state index contributed by atoms with van der Waals surface area (Å²) in [5.74, 6) is 1.50. The predicted octanol–water partition coefficient (Wildman–Crippen LogP) is 4.54. The van der Waals surface area contributed by atoms with Gasteiger partial charge in [0.1, 0.15) is 17.4 Å². The lowest BCUT2D eigenvalue weighted by atomic mass is 9.97. The van der Waals surface area contributed by atoms with Crippen LogP contribution in [0.3, 0.4) is 0 Å². The van der Waals surface area contributed by atoms with Crippen molar-refractivity contribution in [3.8, 4) is 17.1 Å². The van der Waals surface area contributed by atoms with Crippen LogP contribution in [-0.2, 0) is 4.79 Å². The summed E-state index contributed by atoms with van der Waals surface area (Å²) in [6, 6.07) is 15.4. The van der Waals surface area contributed by atoms with Gasteiger partial charge >= 0.3 is 0 Å². The summed E-state index contributed by atoms with van der Waals surface area (Å²) in [4.78, 5) is 24.0. The van der Waals surface area contributed by atoms with E-state index in [-0.39, 0.29) is 17.6 Å². The molecule has 0 spiro atoms. The van der Waals surface area contributed by atoms with Crippen LogP contribution in [0.15, 0.2) is 60.8 Å². The molecule has 1 saturated heterocycles. The van der Waals surface area contributed by atoms with Crippen LogP contribution in [0.5, 0.6) is 5.75 Å². The summed E-state index contributed by atoms with van der Waals surface area (Å²) in [7, 11) is 0. The highest BCUT2D eigenvalue weighted by Crippen LogP contribution is 2.27. The lowest BCUT2D eigenvalue weighted by Gasteiger charge is -2.33. The number of carbonyl (C=O) groups is 1. The zero-order chi connectivity index (χ0) is 21.6. The average molecular weight is 420 g/mol. The maximum atomic E-state index is 13.2. The molecule has 1 aliphatic heterocycles. The number of piperidine rings is 1. The number of benzene rings is 2. The van der Waals surface area contributed by atoms with Gasteiger partial charge in [0.15, 0.2) is 5.82 Å². The second kappa shape index (κ2) is 9.55. The fourth-order valence-corrected chi connectivity index (χ4v) is 3.75. The summed E-state index contributed by atoms with van der Waals surface area (Å²) < 4.78 is 18.8. The molecule has 1 amide bonds. The molecule has 7 heteroatoms. The Bertz CT molecular complexity index is 1040. The van der Waals surface area contributed by atoms with Crippen LogP contribution in [0, 0.1) is 11.7 Å². The number of halogens is 1. The second-order valence-electron chi connectivity index (χ2n) is 7.45. The number of carbonyl (C=O) groups excluding carboxylic acids is 1. The van der Waals surface area contributed by atoms with Crippen LogP contribution >= 0.6 is 0 Å². The van der Waals surface area contributed by atoms with Crippen molar-refractivity contribution in [2.45, 2.75) is 19.8 Å². The van der Waals surface area contributed by atoms with E-state index in [0.717, 1.165) is 30.8 Å². The molecular formula is C24H25FN4O2. The SMILES string of the molecule is CCOc1ccccc1NC(=O)[C@H]1CCCN(c2ccnc(-c3ccc(F)cc3)n2)C1. The van der Waals surface area contributed by atoms with Crippen LogP contribution in [0.4, 0.5) is 15.9 Å². The third kappa shape index (κ3) is 4.99. The molecule has 2 aromatic carbocycles. The number of ether oxygens (including phenoxy) is 1. The lowest BCUT2D eigenvalue weighted by Crippen LogP contribution is -2.41. The fraction of sp³-hybridized carbons (Fsp3) is 0.292. The quantitative estimate of drug-likeness (QED) is 0.634. The van der Waals surface area contributed by atoms with E-state index in [1.54, 1.807) is 18.3 Å². The Balaban J connectivity index is 1.47. The monoisotopic (exact) mass is 420 g/mol. The van der Waals surface area contributed by atoms with Gasteiger partial charge in [-0.1, -0.05) is 12.1 Å². The third-order valence-corrected chi connectivity index (χ3v) is 5.30. The van der Waals surface area contributed by atoms with Gasteiger partial charge in [-0.25, -0.2) is 14.4 Å². The second-order valence-corrected chi connectivity index (χ2v) is 7.45. The number of aromatic nitrogens is 2. The molecule has 0 aliphatic carbocycles. The Morgan fingerprint density at radius 2 is 2.00 bits per heavy atom. The van der Waals surface area contributed by atoms with Gasteiger partial charge in [-0.05, 0) is 62.2 Å². The van der Waals surface area contributed by atoms with Crippen molar-refractivity contribution in [3.63, 3.8) is 0 Å². The number of amides is 1. The van der Waals surface area contributed by atoms with E-state index in [1.807, 2.05) is 37.3 Å². The smallest absolute Gasteiger partial charge is 0.229 e. The number of hydrogen-bond donors (Lipinski definition) is 1. The molecule has 0 saturated carbocycles. The highest BCUT2D eigenvalue weighted by molar-refractivity contribution is 5.94. The van der Waals surface area contributed by atoms with Crippen molar-refractivity contribution in [2.24, 2.45) is 5.92 Å². The Morgan fingerprint density at radius 1 is 1.19 bits per heavy atom. The minimum atomic E-state index is -0.296. The van der Waals surface area contributed by atoms with Gasteiger partial charge < -0.3 is 15.0 Å². The van der Waals surface area contributed by atoms with Gasteiger partial charge in [-0.2, -0.15) is 0 Å². The molecule has 2 heterocycles. The number of nitrogens with one attached hydrogen (secondary N) is 1. The van der Waals surface area contributed by atoms with Crippen molar-refractivity contribution in [3.05, 3.63) is 66.6 Å². The first kappa shape index (κ1) is 20.8. The highest BCUT2D eigenvalue weighted by Gasteiger charge is 2.27. The zero-order valence-corrected chi connectivity index (χ0v) is 17.4. The van der Waals surface area contributed by atoms with E-state index in [0.29, 0.717) is 30.4 Å². The maximum absolute atomic E-state index is 13.2. The molecule has 31 heavy (non-hydrogen) atoms. The van der Waals surface area contributed by atoms with E-state index >= 15 is 0 Å². The van der Waals surface area contributed by atoms with E-state index in [2.05, 4.69) is 20.2 Å². The molecule has 1 aromatic heterocycles. The first-order chi connectivity index (χ1) is 15.1. The van der Waals surface area contributed by atoms with Gasteiger partial charge in [-0.3, -0.25) is 4.79 Å². The minimum Gasteiger partial charge on any atom is -0.492 e. The number of para-hydroxylation sites is 2. The topological polar surface area (TPSA) is 67.3 Å². The fourth-order valence-electron chi connectivity index (χ4n) is 3.75. The molecule has 1 N–H and O–H groups in total. The molecule has 3 aromatic rings. The molecule has 160 valence electrons. The van der Waals surface area contributed by atoms with Gasteiger partial charge in [0.05, 0.1) is 18.2 Å². The number of rotatable bonds is 6. The van der Waals surface area contributed by atoms with Gasteiger partial charge in [0.2, 0.25) is 5.91 Å². The first-order valence-electron chi connectivity index (χ1n) is 10.5. The summed E-state index contributed by atoms with van der Waals surface area (Å²) in [5.41, 5.74) is 1.44. The zero-order valence-electron chi connectivity index (χ0n) is 17.4. The molecule has 0 radical (unpaired) electrons. The van der Waals surface area contributed by atoms with Crippen molar-refractivity contribution in [1.82, 2.24) is 9.97 Å². The van der Waals surface area contributed by atoms with E-state index in [1.165, 1.54) is 12.1 Å². The van der Waals surface area contributed by atoms with Crippen LogP contribution < -0.4 is 15.0 Å². The normalized spacial score (nSPS) is 16.1. The lowest BCUT2D eigenvalue weighted by molar-refractivity contribution is -0.120. The largest absolute Gasteiger partial charge is 0.492 e. The van der Waals surface area contributed by atoms with E-state index < -0.39 is 0 Å². The maximum Gasteiger partial charge on any atom is 0.229 e. The van der Waals surface area contributed by atoms with Gasteiger partial charge in [0, 0.05) is 24.8 Å². The Morgan fingerprint density at radius 3 is 2.81 bits per heavy atom. The number of nitrogens with zero attached hydrogens (tertiary/aromatic N) is 3. The van der Waals surface area contributed by atoms with Crippen LogP contribution in [-0.4, -0.2) is 35.6 Å². The summed E-state index contributed by atoms with van der Waals surface area (Å²) in [6.07, 6.45) is 3.40. The number of anilines is 2. The van der Waals surface area contributed by atoms with Gasteiger partial charge in [-0.15, -0.1) is 0 Å². The van der Waals surface area contributed by atoms with Crippen molar-refractivity contribution >= 4 is 17.4 Å². The van der Waals surface area contributed by atoms with Gasteiger partial charge in [0.25, 0.3) is 0 Å². The molecule has 6 nitrogen and oxygen atoms in total. The van der Waals surface area contributed by atoms with E-state index in [9.17, 15) is 9.18 Å². The van der Waals surface area contributed by atoms with Crippen LogP contribution in [0.25, 0.3) is 11.4 Å².